The maximum absolute atomic E-state index is 12.2. The van der Waals surface area contributed by atoms with Gasteiger partial charge in [-0.1, -0.05) is 23.5 Å². The van der Waals surface area contributed by atoms with Crippen molar-refractivity contribution in [3.8, 4) is 0 Å². The van der Waals surface area contributed by atoms with E-state index in [0.29, 0.717) is 10.7 Å². The summed E-state index contributed by atoms with van der Waals surface area (Å²) in [6.45, 7) is 1.82. The highest BCUT2D eigenvalue weighted by Crippen LogP contribution is 2.40. The van der Waals surface area contributed by atoms with Crippen LogP contribution < -0.4 is 10.6 Å². The molecule has 1 aromatic heterocycles. The minimum absolute atomic E-state index is 0.0679. The van der Waals surface area contributed by atoms with Crippen LogP contribution in [-0.4, -0.2) is 33.3 Å². The van der Waals surface area contributed by atoms with Crippen molar-refractivity contribution < 1.29 is 14.7 Å². The molecule has 22 heavy (non-hydrogen) atoms. The summed E-state index contributed by atoms with van der Waals surface area (Å²) in [6.07, 6.45) is -0.263. The number of benzene rings is 1. The Morgan fingerprint density at radius 3 is 2.86 bits per heavy atom. The van der Waals surface area contributed by atoms with E-state index in [1.54, 1.807) is 18.2 Å². The molecule has 1 heterocycles. The van der Waals surface area contributed by atoms with Crippen molar-refractivity contribution in [1.82, 2.24) is 15.5 Å². The van der Waals surface area contributed by atoms with Gasteiger partial charge in [0, 0.05) is 17.5 Å². The molecule has 0 aliphatic heterocycles. The summed E-state index contributed by atoms with van der Waals surface area (Å²) in [5, 5.41) is 22.8. The van der Waals surface area contributed by atoms with Crippen molar-refractivity contribution >= 4 is 28.5 Å². The molecule has 0 bridgehead atoms. The third-order valence-corrected chi connectivity index (χ3v) is 4.18. The smallest absolute Gasteiger partial charge is 0.404 e. The average molecular weight is 318 g/mol. The zero-order valence-electron chi connectivity index (χ0n) is 11.7. The fraction of sp³-hybridized carbons (Fsp3) is 0.286. The Labute approximate surface area is 130 Å². The Kier molecular flexibility index (Phi) is 3.76. The topological polar surface area (TPSA) is 104 Å². The van der Waals surface area contributed by atoms with Crippen LogP contribution in [0.4, 0.5) is 9.93 Å². The Bertz CT molecular complexity index is 730. The second-order valence-electron chi connectivity index (χ2n) is 5.10. The normalized spacial score (nSPS) is 19.5. The minimum atomic E-state index is -1.02. The number of nitrogens with one attached hydrogen (secondary N) is 2. The zero-order valence-corrected chi connectivity index (χ0v) is 12.6. The molecule has 2 atom stereocenters. The fourth-order valence-corrected chi connectivity index (χ4v) is 2.90. The predicted octanol–water partition coefficient (Wildman–Crippen LogP) is 2.22. The molecule has 3 rings (SSSR count). The Hall–Kier alpha value is -2.48. The lowest BCUT2D eigenvalue weighted by Crippen LogP contribution is -2.24. The van der Waals surface area contributed by atoms with E-state index in [-0.39, 0.29) is 17.9 Å². The lowest BCUT2D eigenvalue weighted by atomic mass is 10.1. The van der Waals surface area contributed by atoms with Gasteiger partial charge in [-0.15, -0.1) is 10.2 Å². The van der Waals surface area contributed by atoms with E-state index in [4.69, 9.17) is 5.11 Å². The maximum Gasteiger partial charge on any atom is 0.404 e. The van der Waals surface area contributed by atoms with Crippen LogP contribution in [0, 0.1) is 6.92 Å². The molecule has 0 radical (unpaired) electrons. The van der Waals surface area contributed by atoms with E-state index in [0.717, 1.165) is 17.0 Å². The number of carbonyl (C=O) groups excluding carboxylic acids is 1. The number of nitrogens with zero attached hydrogens (tertiary/aromatic N) is 2. The highest BCUT2D eigenvalue weighted by Gasteiger charge is 2.39. The summed E-state index contributed by atoms with van der Waals surface area (Å²) in [5.41, 5.74) is 1.48. The van der Waals surface area contributed by atoms with Gasteiger partial charge in [0.2, 0.25) is 5.13 Å². The molecule has 3 N–H and O–H groups in total. The molecular formula is C14H14N4O3S. The van der Waals surface area contributed by atoms with Gasteiger partial charge in [-0.05, 0) is 31.0 Å². The molecule has 1 aliphatic rings. The summed E-state index contributed by atoms with van der Waals surface area (Å²) < 4.78 is 0. The molecule has 1 aliphatic carbocycles. The van der Waals surface area contributed by atoms with Crippen LogP contribution in [-0.2, 0) is 0 Å². The highest BCUT2D eigenvalue weighted by molar-refractivity contribution is 7.15. The molecule has 7 nitrogen and oxygen atoms in total. The number of hydrogen-bond acceptors (Lipinski definition) is 5. The first kappa shape index (κ1) is 14.5. The highest BCUT2D eigenvalue weighted by atomic mass is 32.1. The van der Waals surface area contributed by atoms with Gasteiger partial charge in [-0.2, -0.15) is 0 Å². The average Bonchev–Trinajstić information content (AvgIpc) is 3.11. The number of aromatic nitrogens is 2. The minimum Gasteiger partial charge on any atom is -0.465 e. The maximum atomic E-state index is 12.2. The molecule has 1 aromatic carbocycles. The second-order valence-corrected chi connectivity index (χ2v) is 6.29. The summed E-state index contributed by atoms with van der Waals surface area (Å²) in [4.78, 5) is 22.8. The lowest BCUT2D eigenvalue weighted by molar-refractivity contribution is 0.102. The summed E-state index contributed by atoms with van der Waals surface area (Å²) in [5.74, 6) is -0.117. The van der Waals surface area contributed by atoms with Crippen LogP contribution in [0.15, 0.2) is 24.3 Å². The van der Waals surface area contributed by atoms with E-state index in [1.165, 1.54) is 11.3 Å². The lowest BCUT2D eigenvalue weighted by Gasteiger charge is -2.05. The molecule has 1 fully saturated rings. The van der Waals surface area contributed by atoms with Gasteiger partial charge in [-0.3, -0.25) is 10.1 Å². The first-order chi connectivity index (χ1) is 10.5. The summed E-state index contributed by atoms with van der Waals surface area (Å²) in [6, 6.07) is 7.14. The van der Waals surface area contributed by atoms with E-state index < -0.39 is 6.09 Å². The van der Waals surface area contributed by atoms with Gasteiger partial charge in [-0.25, -0.2) is 4.79 Å². The third-order valence-electron chi connectivity index (χ3n) is 3.42. The van der Waals surface area contributed by atoms with Gasteiger partial charge in [0.05, 0.1) is 0 Å². The molecule has 0 saturated heterocycles. The number of rotatable bonds is 4. The van der Waals surface area contributed by atoms with E-state index in [1.807, 2.05) is 13.0 Å². The van der Waals surface area contributed by atoms with Crippen LogP contribution >= 0.6 is 11.3 Å². The van der Waals surface area contributed by atoms with Crippen molar-refractivity contribution in [3.63, 3.8) is 0 Å². The molecule has 1 saturated carbocycles. The summed E-state index contributed by atoms with van der Waals surface area (Å²) in [7, 11) is 0. The SMILES string of the molecule is Cc1nnc(NC(=O)c2cccc(C3CC3NC(=O)O)c2)s1. The Morgan fingerprint density at radius 2 is 2.18 bits per heavy atom. The number of aryl methyl sites for hydroxylation is 1. The van der Waals surface area contributed by atoms with Crippen LogP contribution in [0.1, 0.15) is 33.3 Å². The van der Waals surface area contributed by atoms with E-state index >= 15 is 0 Å². The molecule has 8 heteroatoms. The second kappa shape index (κ2) is 5.72. The van der Waals surface area contributed by atoms with Gasteiger partial charge in [0.15, 0.2) is 0 Å². The third kappa shape index (κ3) is 3.22. The van der Waals surface area contributed by atoms with E-state index in [9.17, 15) is 9.59 Å². The van der Waals surface area contributed by atoms with Crippen LogP contribution in [0.2, 0.25) is 0 Å². The van der Waals surface area contributed by atoms with Gasteiger partial charge in [0.25, 0.3) is 5.91 Å². The Balaban J connectivity index is 1.69. The zero-order chi connectivity index (χ0) is 15.7. The largest absolute Gasteiger partial charge is 0.465 e. The quantitative estimate of drug-likeness (QED) is 0.802. The fourth-order valence-electron chi connectivity index (χ4n) is 2.31. The van der Waals surface area contributed by atoms with Crippen LogP contribution in [0.5, 0.6) is 0 Å². The monoisotopic (exact) mass is 318 g/mol. The number of carboxylic acid groups (broad SMARTS) is 1. The van der Waals surface area contributed by atoms with Gasteiger partial charge < -0.3 is 10.4 Å². The molecule has 0 spiro atoms. The van der Waals surface area contributed by atoms with Crippen LogP contribution in [0.3, 0.4) is 0 Å². The number of anilines is 1. The first-order valence-electron chi connectivity index (χ1n) is 6.74. The Morgan fingerprint density at radius 1 is 1.36 bits per heavy atom. The molecule has 2 unspecified atom stereocenters. The van der Waals surface area contributed by atoms with Gasteiger partial charge >= 0.3 is 6.09 Å². The van der Waals surface area contributed by atoms with Gasteiger partial charge in [0.1, 0.15) is 5.01 Å². The molecular weight excluding hydrogens is 304 g/mol. The predicted molar refractivity (Wildman–Crippen MR) is 81.3 cm³/mol. The molecule has 114 valence electrons. The van der Waals surface area contributed by atoms with Crippen molar-refractivity contribution in [1.29, 1.82) is 0 Å². The first-order valence-corrected chi connectivity index (χ1v) is 7.55. The number of hydrogen-bond donors (Lipinski definition) is 3. The van der Waals surface area contributed by atoms with E-state index in [2.05, 4.69) is 20.8 Å². The number of amides is 2. The molecule has 2 aromatic rings. The standard InChI is InChI=1S/C14H14N4O3S/c1-7-17-18-13(22-7)16-12(19)9-4-2-3-8(5-9)10-6-11(10)15-14(20)21/h2-5,10-11,15H,6H2,1H3,(H,20,21)(H,16,18,19). The van der Waals surface area contributed by atoms with Crippen molar-refractivity contribution in [2.45, 2.75) is 25.3 Å². The molecule has 2 amide bonds. The van der Waals surface area contributed by atoms with Crippen molar-refractivity contribution in [3.05, 3.63) is 40.4 Å². The van der Waals surface area contributed by atoms with Crippen LogP contribution in [0.25, 0.3) is 0 Å². The summed E-state index contributed by atoms with van der Waals surface area (Å²) >= 11 is 1.31. The number of carbonyl (C=O) groups is 2. The van der Waals surface area contributed by atoms with Crippen molar-refractivity contribution in [2.75, 3.05) is 5.32 Å². The van der Waals surface area contributed by atoms with Crippen molar-refractivity contribution in [2.24, 2.45) is 0 Å².